The molecule has 90 valence electrons. The lowest BCUT2D eigenvalue weighted by Crippen LogP contribution is -2.12. The maximum atomic E-state index is 5.37. The molecule has 2 rings (SSSR count). The first-order valence-electron chi connectivity index (χ1n) is 5.96. The van der Waals surface area contributed by atoms with Crippen molar-refractivity contribution in [1.29, 1.82) is 0 Å². The minimum absolute atomic E-state index is 0.263. The number of hydrogen-bond acceptors (Lipinski definition) is 2. The molecule has 0 amide bonds. The van der Waals surface area contributed by atoms with Crippen molar-refractivity contribution in [1.82, 2.24) is 10.2 Å². The Morgan fingerprint density at radius 1 is 1.29 bits per heavy atom. The second-order valence-corrected chi connectivity index (χ2v) is 4.11. The van der Waals surface area contributed by atoms with Crippen molar-refractivity contribution in [2.75, 3.05) is 7.11 Å². The van der Waals surface area contributed by atoms with E-state index in [-0.39, 0.29) is 6.10 Å². The van der Waals surface area contributed by atoms with Gasteiger partial charge in [0.05, 0.1) is 11.8 Å². The van der Waals surface area contributed by atoms with Gasteiger partial charge in [0.15, 0.2) is 0 Å². The summed E-state index contributed by atoms with van der Waals surface area (Å²) in [4.78, 5) is 0. The van der Waals surface area contributed by atoms with Gasteiger partial charge in [-0.05, 0) is 12.5 Å². The standard InChI is InChI=1S/C14H18N2O/c1-3-13(17-2)9-12-10-14(16-15-12)11-7-5-4-6-8-11/h4-8,10,13H,3,9H2,1-2H3,(H,15,16). The summed E-state index contributed by atoms with van der Waals surface area (Å²) in [5.41, 5.74) is 3.25. The molecule has 0 aliphatic carbocycles. The molecule has 2 aromatic rings. The van der Waals surface area contributed by atoms with E-state index in [1.807, 2.05) is 18.2 Å². The zero-order chi connectivity index (χ0) is 12.1. The first-order valence-corrected chi connectivity index (χ1v) is 5.96. The Kier molecular flexibility index (Phi) is 3.94. The van der Waals surface area contributed by atoms with Crippen molar-refractivity contribution in [3.63, 3.8) is 0 Å². The Bertz CT molecular complexity index is 446. The number of rotatable bonds is 5. The normalized spacial score (nSPS) is 12.6. The average Bonchev–Trinajstić information content (AvgIpc) is 2.85. The van der Waals surface area contributed by atoms with Crippen LogP contribution < -0.4 is 0 Å². The monoisotopic (exact) mass is 230 g/mol. The SMILES string of the molecule is CCC(Cc1cc(-c2ccccc2)n[nH]1)OC. The Hall–Kier alpha value is -1.61. The lowest BCUT2D eigenvalue weighted by molar-refractivity contribution is 0.0990. The van der Waals surface area contributed by atoms with Crippen molar-refractivity contribution in [2.24, 2.45) is 0 Å². The molecule has 1 aromatic carbocycles. The van der Waals surface area contributed by atoms with E-state index in [4.69, 9.17) is 4.74 Å². The predicted octanol–water partition coefficient (Wildman–Crippen LogP) is 3.04. The third-order valence-corrected chi connectivity index (χ3v) is 2.94. The van der Waals surface area contributed by atoms with Crippen molar-refractivity contribution < 1.29 is 4.74 Å². The van der Waals surface area contributed by atoms with Gasteiger partial charge in [-0.2, -0.15) is 5.10 Å². The minimum Gasteiger partial charge on any atom is -0.381 e. The van der Waals surface area contributed by atoms with Gasteiger partial charge in [-0.1, -0.05) is 37.3 Å². The van der Waals surface area contributed by atoms with Crippen LogP contribution in [0.2, 0.25) is 0 Å². The third-order valence-electron chi connectivity index (χ3n) is 2.94. The summed E-state index contributed by atoms with van der Waals surface area (Å²) < 4.78 is 5.37. The fourth-order valence-electron chi connectivity index (χ4n) is 1.86. The first-order chi connectivity index (χ1) is 8.33. The first kappa shape index (κ1) is 11.9. The lowest BCUT2D eigenvalue weighted by Gasteiger charge is -2.10. The smallest absolute Gasteiger partial charge is 0.0923 e. The van der Waals surface area contributed by atoms with Gasteiger partial charge in [0.25, 0.3) is 0 Å². The largest absolute Gasteiger partial charge is 0.381 e. The molecule has 3 nitrogen and oxygen atoms in total. The maximum absolute atomic E-state index is 5.37. The Labute approximate surface area is 102 Å². The molecule has 0 aliphatic rings. The molecule has 1 N–H and O–H groups in total. The van der Waals surface area contributed by atoms with Crippen molar-refractivity contribution >= 4 is 0 Å². The molecule has 0 bridgehead atoms. The summed E-state index contributed by atoms with van der Waals surface area (Å²) in [6.07, 6.45) is 2.15. The predicted molar refractivity (Wildman–Crippen MR) is 68.8 cm³/mol. The van der Waals surface area contributed by atoms with Crippen LogP contribution in [0.25, 0.3) is 11.3 Å². The van der Waals surface area contributed by atoms with Crippen LogP contribution in [0, 0.1) is 0 Å². The van der Waals surface area contributed by atoms with Gasteiger partial charge < -0.3 is 4.74 Å². The second-order valence-electron chi connectivity index (χ2n) is 4.11. The molecule has 1 heterocycles. The zero-order valence-electron chi connectivity index (χ0n) is 10.3. The third kappa shape index (κ3) is 2.94. The van der Waals surface area contributed by atoms with Gasteiger partial charge >= 0.3 is 0 Å². The Morgan fingerprint density at radius 2 is 2.06 bits per heavy atom. The second kappa shape index (κ2) is 5.64. The molecule has 0 aliphatic heterocycles. The van der Waals surface area contributed by atoms with Gasteiger partial charge in [0, 0.05) is 24.8 Å². The highest BCUT2D eigenvalue weighted by Gasteiger charge is 2.09. The van der Waals surface area contributed by atoms with Crippen LogP contribution in [0.15, 0.2) is 36.4 Å². The molecule has 0 saturated carbocycles. The van der Waals surface area contributed by atoms with Crippen LogP contribution in [-0.4, -0.2) is 23.4 Å². The number of aromatic nitrogens is 2. The number of nitrogens with one attached hydrogen (secondary N) is 1. The number of H-pyrrole nitrogens is 1. The van der Waals surface area contributed by atoms with Crippen LogP contribution in [0.5, 0.6) is 0 Å². The molecular weight excluding hydrogens is 212 g/mol. The summed E-state index contributed by atoms with van der Waals surface area (Å²) in [6.45, 7) is 2.13. The summed E-state index contributed by atoms with van der Waals surface area (Å²) in [5.74, 6) is 0. The van der Waals surface area contributed by atoms with E-state index >= 15 is 0 Å². The van der Waals surface area contributed by atoms with E-state index in [1.165, 1.54) is 0 Å². The summed E-state index contributed by atoms with van der Waals surface area (Å²) in [5, 5.41) is 7.40. The summed E-state index contributed by atoms with van der Waals surface area (Å²) in [6, 6.07) is 12.3. The molecule has 0 saturated heterocycles. The molecule has 1 atom stereocenters. The van der Waals surface area contributed by atoms with Gasteiger partial charge in [0.2, 0.25) is 0 Å². The highest BCUT2D eigenvalue weighted by molar-refractivity contribution is 5.58. The van der Waals surface area contributed by atoms with Gasteiger partial charge in [0.1, 0.15) is 0 Å². The van der Waals surface area contributed by atoms with Crippen molar-refractivity contribution in [3.05, 3.63) is 42.1 Å². The quantitative estimate of drug-likeness (QED) is 0.857. The molecule has 0 radical (unpaired) electrons. The Balaban J connectivity index is 2.11. The van der Waals surface area contributed by atoms with E-state index in [9.17, 15) is 0 Å². The van der Waals surface area contributed by atoms with Crippen LogP contribution in [0.1, 0.15) is 19.0 Å². The van der Waals surface area contributed by atoms with Gasteiger partial charge in [-0.15, -0.1) is 0 Å². The Morgan fingerprint density at radius 3 is 2.71 bits per heavy atom. The van der Waals surface area contributed by atoms with Crippen molar-refractivity contribution in [2.45, 2.75) is 25.9 Å². The maximum Gasteiger partial charge on any atom is 0.0923 e. The van der Waals surface area contributed by atoms with Crippen LogP contribution in [0.3, 0.4) is 0 Å². The van der Waals surface area contributed by atoms with Gasteiger partial charge in [-0.3, -0.25) is 5.10 Å². The fraction of sp³-hybridized carbons (Fsp3) is 0.357. The highest BCUT2D eigenvalue weighted by atomic mass is 16.5. The number of aromatic amines is 1. The minimum atomic E-state index is 0.263. The topological polar surface area (TPSA) is 37.9 Å². The van der Waals surface area contributed by atoms with Crippen LogP contribution in [-0.2, 0) is 11.2 Å². The van der Waals surface area contributed by atoms with Gasteiger partial charge in [-0.25, -0.2) is 0 Å². The number of nitrogens with zero attached hydrogens (tertiary/aromatic N) is 1. The number of benzene rings is 1. The summed E-state index contributed by atoms with van der Waals surface area (Å²) in [7, 11) is 1.75. The zero-order valence-corrected chi connectivity index (χ0v) is 10.3. The van der Waals surface area contributed by atoms with Crippen LogP contribution >= 0.6 is 0 Å². The molecule has 17 heavy (non-hydrogen) atoms. The van der Waals surface area contributed by atoms with E-state index in [0.717, 1.165) is 29.8 Å². The van der Waals surface area contributed by atoms with E-state index in [1.54, 1.807) is 7.11 Å². The number of methoxy groups -OCH3 is 1. The van der Waals surface area contributed by atoms with E-state index < -0.39 is 0 Å². The highest BCUT2D eigenvalue weighted by Crippen LogP contribution is 2.18. The number of hydrogen-bond donors (Lipinski definition) is 1. The molecular formula is C14H18N2O. The number of ether oxygens (including phenoxy) is 1. The summed E-state index contributed by atoms with van der Waals surface area (Å²) >= 11 is 0. The van der Waals surface area contributed by atoms with E-state index in [2.05, 4.69) is 35.3 Å². The molecule has 0 fully saturated rings. The molecule has 0 spiro atoms. The van der Waals surface area contributed by atoms with E-state index in [0.29, 0.717) is 0 Å². The average molecular weight is 230 g/mol. The molecule has 1 aromatic heterocycles. The fourth-order valence-corrected chi connectivity index (χ4v) is 1.86. The van der Waals surface area contributed by atoms with Crippen molar-refractivity contribution in [3.8, 4) is 11.3 Å². The lowest BCUT2D eigenvalue weighted by atomic mass is 10.1. The molecule has 3 heteroatoms. The van der Waals surface area contributed by atoms with Crippen LogP contribution in [0.4, 0.5) is 0 Å². The molecule has 1 unspecified atom stereocenters.